The molecule has 0 aliphatic heterocycles. The summed E-state index contributed by atoms with van der Waals surface area (Å²) in [4.78, 5) is 0. The van der Waals surface area contributed by atoms with Crippen LogP contribution in [0, 0.1) is 18.6 Å². The Morgan fingerprint density at radius 1 is 1.20 bits per heavy atom. The molecule has 1 unspecified atom stereocenters. The van der Waals surface area contributed by atoms with Crippen molar-refractivity contribution in [2.75, 3.05) is 7.11 Å². The number of ether oxygens (including phenoxy) is 1. The lowest BCUT2D eigenvalue weighted by Crippen LogP contribution is -2.16. The van der Waals surface area contributed by atoms with E-state index in [1.807, 2.05) is 0 Å². The van der Waals surface area contributed by atoms with Crippen molar-refractivity contribution in [3.05, 3.63) is 63.7 Å². The minimum absolute atomic E-state index is 0.103. The molecule has 5 heteroatoms. The topological polar surface area (TPSA) is 35.2 Å². The Morgan fingerprint density at radius 2 is 1.80 bits per heavy atom. The standard InChI is InChI=1S/C15H14ClF2NO/c1-8-4-3-5-10(14(8)16)15(19)13-11(17)6-9(20-2)7-12(13)18/h3-7,15H,19H2,1-2H3. The molecule has 0 amide bonds. The molecule has 0 aromatic heterocycles. The number of hydrogen-bond acceptors (Lipinski definition) is 2. The van der Waals surface area contributed by atoms with Gasteiger partial charge in [0, 0.05) is 22.7 Å². The van der Waals surface area contributed by atoms with E-state index in [2.05, 4.69) is 0 Å². The molecule has 20 heavy (non-hydrogen) atoms. The van der Waals surface area contributed by atoms with Gasteiger partial charge in [-0.05, 0) is 18.1 Å². The highest BCUT2D eigenvalue weighted by Crippen LogP contribution is 2.32. The Bertz CT molecular complexity index is 623. The van der Waals surface area contributed by atoms with Gasteiger partial charge in [-0.2, -0.15) is 0 Å². The van der Waals surface area contributed by atoms with Crippen LogP contribution in [0.5, 0.6) is 5.75 Å². The van der Waals surface area contributed by atoms with Crippen LogP contribution >= 0.6 is 11.6 Å². The van der Waals surface area contributed by atoms with Crippen LogP contribution in [0.4, 0.5) is 8.78 Å². The first-order chi connectivity index (χ1) is 9.45. The molecule has 0 saturated heterocycles. The molecule has 2 aromatic carbocycles. The molecule has 0 radical (unpaired) electrons. The summed E-state index contributed by atoms with van der Waals surface area (Å²) in [6.45, 7) is 1.80. The van der Waals surface area contributed by atoms with E-state index in [9.17, 15) is 8.78 Å². The Kier molecular flexibility index (Phi) is 4.26. The molecule has 0 heterocycles. The lowest BCUT2D eigenvalue weighted by Gasteiger charge is -2.17. The molecule has 1 atom stereocenters. The summed E-state index contributed by atoms with van der Waals surface area (Å²) in [5.41, 5.74) is 7.03. The highest BCUT2D eigenvalue weighted by molar-refractivity contribution is 6.32. The van der Waals surface area contributed by atoms with E-state index in [0.29, 0.717) is 10.6 Å². The lowest BCUT2D eigenvalue weighted by atomic mass is 9.97. The Morgan fingerprint density at radius 3 is 2.35 bits per heavy atom. The van der Waals surface area contributed by atoms with Crippen LogP contribution in [0.15, 0.2) is 30.3 Å². The predicted octanol–water partition coefficient (Wildman–Crippen LogP) is 3.98. The number of methoxy groups -OCH3 is 1. The number of halogens is 3. The van der Waals surface area contributed by atoms with Gasteiger partial charge in [-0.25, -0.2) is 8.78 Å². The number of nitrogens with two attached hydrogens (primary N) is 1. The summed E-state index contributed by atoms with van der Waals surface area (Å²) in [7, 11) is 1.34. The maximum absolute atomic E-state index is 14.0. The second-order valence-corrected chi connectivity index (χ2v) is 4.84. The number of hydrogen-bond donors (Lipinski definition) is 1. The zero-order chi connectivity index (χ0) is 14.9. The van der Waals surface area contributed by atoms with Gasteiger partial charge in [-0.1, -0.05) is 29.8 Å². The minimum atomic E-state index is -0.978. The number of benzene rings is 2. The molecule has 0 saturated carbocycles. The van der Waals surface area contributed by atoms with E-state index in [4.69, 9.17) is 22.1 Å². The first-order valence-corrected chi connectivity index (χ1v) is 6.37. The van der Waals surface area contributed by atoms with E-state index in [-0.39, 0.29) is 11.3 Å². The van der Waals surface area contributed by atoms with Gasteiger partial charge in [0.2, 0.25) is 0 Å². The second-order valence-electron chi connectivity index (χ2n) is 4.46. The van der Waals surface area contributed by atoms with Crippen LogP contribution in [-0.2, 0) is 0 Å². The second kappa shape index (κ2) is 5.77. The molecule has 2 nitrogen and oxygen atoms in total. The molecule has 2 N–H and O–H groups in total. The minimum Gasteiger partial charge on any atom is -0.497 e. The smallest absolute Gasteiger partial charge is 0.134 e. The van der Waals surface area contributed by atoms with E-state index < -0.39 is 17.7 Å². The third-order valence-corrected chi connectivity index (χ3v) is 3.67. The molecular weight excluding hydrogens is 284 g/mol. The number of aryl methyl sites for hydroxylation is 1. The number of rotatable bonds is 3. The van der Waals surface area contributed by atoms with Gasteiger partial charge in [0.1, 0.15) is 17.4 Å². The van der Waals surface area contributed by atoms with Crippen LogP contribution in [-0.4, -0.2) is 7.11 Å². The molecule has 2 rings (SSSR count). The molecule has 2 aromatic rings. The van der Waals surface area contributed by atoms with Crippen molar-refractivity contribution in [1.82, 2.24) is 0 Å². The first kappa shape index (κ1) is 14.8. The highest BCUT2D eigenvalue weighted by atomic mass is 35.5. The van der Waals surface area contributed by atoms with Crippen LogP contribution in [0.25, 0.3) is 0 Å². The first-order valence-electron chi connectivity index (χ1n) is 5.99. The van der Waals surface area contributed by atoms with Gasteiger partial charge in [-0.15, -0.1) is 0 Å². The van der Waals surface area contributed by atoms with Gasteiger partial charge in [0.05, 0.1) is 13.2 Å². The molecule has 0 bridgehead atoms. The maximum atomic E-state index is 14.0. The van der Waals surface area contributed by atoms with Crippen LogP contribution < -0.4 is 10.5 Å². The quantitative estimate of drug-likeness (QED) is 0.930. The van der Waals surface area contributed by atoms with Crippen LogP contribution in [0.1, 0.15) is 22.7 Å². The lowest BCUT2D eigenvalue weighted by molar-refractivity contribution is 0.404. The summed E-state index contributed by atoms with van der Waals surface area (Å²) in [5.74, 6) is -1.41. The van der Waals surface area contributed by atoms with E-state index in [1.54, 1.807) is 25.1 Å². The summed E-state index contributed by atoms with van der Waals surface area (Å²) in [6.07, 6.45) is 0. The molecule has 0 spiro atoms. The zero-order valence-corrected chi connectivity index (χ0v) is 11.8. The molecule has 0 fully saturated rings. The van der Waals surface area contributed by atoms with Crippen molar-refractivity contribution < 1.29 is 13.5 Å². The van der Waals surface area contributed by atoms with Crippen molar-refractivity contribution in [3.8, 4) is 5.75 Å². The third kappa shape index (κ3) is 2.62. The zero-order valence-electron chi connectivity index (χ0n) is 11.1. The fraction of sp³-hybridized carbons (Fsp3) is 0.200. The summed E-state index contributed by atoms with van der Waals surface area (Å²) in [6, 6.07) is 6.43. The fourth-order valence-corrected chi connectivity index (χ4v) is 2.29. The summed E-state index contributed by atoms with van der Waals surface area (Å²) < 4.78 is 32.9. The van der Waals surface area contributed by atoms with Gasteiger partial charge in [0.25, 0.3) is 0 Å². The van der Waals surface area contributed by atoms with Crippen molar-refractivity contribution in [2.45, 2.75) is 13.0 Å². The van der Waals surface area contributed by atoms with E-state index >= 15 is 0 Å². The SMILES string of the molecule is COc1cc(F)c(C(N)c2cccc(C)c2Cl)c(F)c1. The largest absolute Gasteiger partial charge is 0.497 e. The van der Waals surface area contributed by atoms with Gasteiger partial charge >= 0.3 is 0 Å². The molecule has 0 aliphatic carbocycles. The highest BCUT2D eigenvalue weighted by Gasteiger charge is 2.22. The van der Waals surface area contributed by atoms with Crippen LogP contribution in [0.2, 0.25) is 5.02 Å². The molecule has 106 valence electrons. The third-order valence-electron chi connectivity index (χ3n) is 3.16. The van der Waals surface area contributed by atoms with Gasteiger partial charge in [-0.3, -0.25) is 0 Å². The average Bonchev–Trinajstić information content (AvgIpc) is 2.40. The fourth-order valence-electron chi connectivity index (χ4n) is 2.04. The van der Waals surface area contributed by atoms with Gasteiger partial charge in [0.15, 0.2) is 0 Å². The van der Waals surface area contributed by atoms with Crippen molar-refractivity contribution in [3.63, 3.8) is 0 Å². The van der Waals surface area contributed by atoms with E-state index in [1.165, 1.54) is 7.11 Å². The molecule has 0 aliphatic rings. The van der Waals surface area contributed by atoms with Gasteiger partial charge < -0.3 is 10.5 Å². The van der Waals surface area contributed by atoms with Crippen molar-refractivity contribution in [1.29, 1.82) is 0 Å². The molecular formula is C15H14ClF2NO. The summed E-state index contributed by atoms with van der Waals surface area (Å²) >= 11 is 6.15. The maximum Gasteiger partial charge on any atom is 0.134 e. The average molecular weight is 298 g/mol. The monoisotopic (exact) mass is 297 g/mol. The van der Waals surface area contributed by atoms with E-state index in [0.717, 1.165) is 17.7 Å². The Hall–Kier alpha value is -1.65. The Balaban J connectivity index is 2.54. The summed E-state index contributed by atoms with van der Waals surface area (Å²) in [5, 5.41) is 0.412. The van der Waals surface area contributed by atoms with Crippen LogP contribution in [0.3, 0.4) is 0 Å². The van der Waals surface area contributed by atoms with Crippen molar-refractivity contribution >= 4 is 11.6 Å². The van der Waals surface area contributed by atoms with Crippen molar-refractivity contribution in [2.24, 2.45) is 5.73 Å². The normalized spacial score (nSPS) is 12.3. The predicted molar refractivity (Wildman–Crippen MR) is 75.1 cm³/mol. The Labute approximate surface area is 121 Å².